The standard InChI is InChI=1S/C12H16N2O4/c1-2-3-10-11(15)14(5-9-7-18-9)12(16)13(10)4-8-6-17-8/h2,8-10H,1,3-7H2. The van der Waals surface area contributed by atoms with Crippen molar-refractivity contribution < 1.29 is 19.1 Å². The zero-order valence-corrected chi connectivity index (χ0v) is 10.1. The van der Waals surface area contributed by atoms with Gasteiger partial charge in [0.1, 0.15) is 6.04 Å². The average molecular weight is 252 g/mol. The summed E-state index contributed by atoms with van der Waals surface area (Å²) in [6.45, 7) is 5.81. The monoisotopic (exact) mass is 252 g/mol. The van der Waals surface area contributed by atoms with E-state index in [2.05, 4.69) is 6.58 Å². The second kappa shape index (κ2) is 4.37. The first-order valence-electron chi connectivity index (χ1n) is 6.16. The first kappa shape index (κ1) is 11.7. The van der Waals surface area contributed by atoms with E-state index in [1.807, 2.05) is 0 Å². The molecule has 3 rings (SSSR count). The van der Waals surface area contributed by atoms with E-state index in [-0.39, 0.29) is 24.1 Å². The molecule has 3 amide bonds. The second-order valence-corrected chi connectivity index (χ2v) is 4.83. The van der Waals surface area contributed by atoms with Gasteiger partial charge >= 0.3 is 6.03 Å². The van der Waals surface area contributed by atoms with Gasteiger partial charge in [-0.25, -0.2) is 4.79 Å². The molecule has 3 saturated heterocycles. The molecule has 0 aromatic rings. The Morgan fingerprint density at radius 1 is 1.22 bits per heavy atom. The van der Waals surface area contributed by atoms with Crippen molar-refractivity contribution in [2.24, 2.45) is 0 Å². The highest BCUT2D eigenvalue weighted by Gasteiger charge is 2.47. The number of carbonyl (C=O) groups is 2. The van der Waals surface area contributed by atoms with E-state index in [1.165, 1.54) is 4.90 Å². The van der Waals surface area contributed by atoms with Gasteiger partial charge in [0.25, 0.3) is 5.91 Å². The fourth-order valence-electron chi connectivity index (χ4n) is 2.23. The van der Waals surface area contributed by atoms with Crippen LogP contribution in [0.3, 0.4) is 0 Å². The number of carbonyl (C=O) groups excluding carboxylic acids is 2. The highest BCUT2D eigenvalue weighted by molar-refractivity contribution is 6.04. The van der Waals surface area contributed by atoms with E-state index < -0.39 is 6.04 Å². The summed E-state index contributed by atoms with van der Waals surface area (Å²) in [4.78, 5) is 27.3. The van der Waals surface area contributed by atoms with Crippen molar-refractivity contribution in [2.75, 3.05) is 26.3 Å². The lowest BCUT2D eigenvalue weighted by atomic mass is 10.2. The third-order valence-electron chi connectivity index (χ3n) is 3.39. The van der Waals surface area contributed by atoms with Gasteiger partial charge in [0.15, 0.2) is 0 Å². The van der Waals surface area contributed by atoms with E-state index in [0.717, 1.165) is 0 Å². The van der Waals surface area contributed by atoms with Crippen LogP contribution in [-0.4, -0.2) is 66.3 Å². The third-order valence-corrected chi connectivity index (χ3v) is 3.39. The fraction of sp³-hybridized carbons (Fsp3) is 0.667. The van der Waals surface area contributed by atoms with Crippen molar-refractivity contribution >= 4 is 11.9 Å². The molecule has 3 aliphatic heterocycles. The number of nitrogens with zero attached hydrogens (tertiary/aromatic N) is 2. The molecule has 18 heavy (non-hydrogen) atoms. The summed E-state index contributed by atoms with van der Waals surface area (Å²) in [7, 11) is 0. The Balaban J connectivity index is 1.73. The molecule has 3 unspecified atom stereocenters. The molecule has 3 atom stereocenters. The Kier molecular flexibility index (Phi) is 2.83. The van der Waals surface area contributed by atoms with Gasteiger partial charge in [0, 0.05) is 0 Å². The maximum atomic E-state index is 12.2. The quantitative estimate of drug-likeness (QED) is 0.379. The molecular formula is C12H16N2O4. The Labute approximate surface area is 105 Å². The number of hydrogen-bond donors (Lipinski definition) is 0. The van der Waals surface area contributed by atoms with E-state index in [0.29, 0.717) is 32.7 Å². The van der Waals surface area contributed by atoms with Crippen molar-refractivity contribution in [3.05, 3.63) is 12.7 Å². The molecule has 3 aliphatic rings. The fourth-order valence-corrected chi connectivity index (χ4v) is 2.23. The van der Waals surface area contributed by atoms with Crippen molar-refractivity contribution in [1.29, 1.82) is 0 Å². The van der Waals surface area contributed by atoms with Crippen LogP contribution in [0.5, 0.6) is 0 Å². The molecule has 0 aromatic heterocycles. The van der Waals surface area contributed by atoms with Crippen LogP contribution in [0.2, 0.25) is 0 Å². The summed E-state index contributed by atoms with van der Waals surface area (Å²) in [5.41, 5.74) is 0. The number of rotatable bonds is 6. The molecule has 0 aromatic carbocycles. The molecule has 3 heterocycles. The zero-order valence-electron chi connectivity index (χ0n) is 10.1. The van der Waals surface area contributed by atoms with Crippen LogP contribution < -0.4 is 0 Å². The Morgan fingerprint density at radius 2 is 1.83 bits per heavy atom. The van der Waals surface area contributed by atoms with Crippen LogP contribution in [0.4, 0.5) is 4.79 Å². The lowest BCUT2D eigenvalue weighted by molar-refractivity contribution is -0.128. The van der Waals surface area contributed by atoms with Crippen LogP contribution in [0.1, 0.15) is 6.42 Å². The van der Waals surface area contributed by atoms with E-state index >= 15 is 0 Å². The van der Waals surface area contributed by atoms with Crippen LogP contribution in [-0.2, 0) is 14.3 Å². The van der Waals surface area contributed by atoms with Gasteiger partial charge in [-0.05, 0) is 6.42 Å². The molecule has 0 spiro atoms. The van der Waals surface area contributed by atoms with Gasteiger partial charge in [-0.3, -0.25) is 9.69 Å². The normalized spacial score (nSPS) is 34.1. The number of imide groups is 1. The molecule has 98 valence electrons. The summed E-state index contributed by atoms with van der Waals surface area (Å²) in [5.74, 6) is -0.143. The van der Waals surface area contributed by atoms with Crippen molar-refractivity contribution in [3.8, 4) is 0 Å². The summed E-state index contributed by atoms with van der Waals surface area (Å²) in [5, 5.41) is 0. The first-order chi connectivity index (χ1) is 8.70. The third kappa shape index (κ3) is 2.13. The van der Waals surface area contributed by atoms with Crippen LogP contribution >= 0.6 is 0 Å². The van der Waals surface area contributed by atoms with Gasteiger partial charge in [-0.1, -0.05) is 6.08 Å². The minimum absolute atomic E-state index is 0.0272. The average Bonchev–Trinajstić information content (AvgIpc) is 3.23. The maximum absolute atomic E-state index is 12.2. The Morgan fingerprint density at radius 3 is 2.39 bits per heavy atom. The van der Waals surface area contributed by atoms with Gasteiger partial charge in [0.2, 0.25) is 0 Å². The second-order valence-electron chi connectivity index (χ2n) is 4.83. The molecule has 0 bridgehead atoms. The van der Waals surface area contributed by atoms with Crippen LogP contribution in [0, 0.1) is 0 Å². The lowest BCUT2D eigenvalue weighted by Gasteiger charge is -2.19. The highest BCUT2D eigenvalue weighted by Crippen LogP contribution is 2.25. The highest BCUT2D eigenvalue weighted by atomic mass is 16.6. The maximum Gasteiger partial charge on any atom is 0.327 e. The summed E-state index contributed by atoms with van der Waals surface area (Å²) in [6, 6.07) is -0.643. The van der Waals surface area contributed by atoms with Gasteiger partial charge in [0.05, 0.1) is 38.5 Å². The molecule has 0 radical (unpaired) electrons. The predicted octanol–water partition coefficient (Wildman–Crippen LogP) is -0.00710. The number of ether oxygens (including phenoxy) is 2. The number of amides is 3. The molecule has 6 nitrogen and oxygen atoms in total. The van der Waals surface area contributed by atoms with E-state index in [4.69, 9.17) is 9.47 Å². The Hall–Kier alpha value is -1.40. The largest absolute Gasteiger partial charge is 0.371 e. The lowest BCUT2D eigenvalue weighted by Crippen LogP contribution is -2.38. The smallest absolute Gasteiger partial charge is 0.327 e. The van der Waals surface area contributed by atoms with Crippen molar-refractivity contribution in [2.45, 2.75) is 24.7 Å². The minimum Gasteiger partial charge on any atom is -0.371 e. The van der Waals surface area contributed by atoms with Gasteiger partial charge < -0.3 is 14.4 Å². The Bertz CT molecular complexity index is 390. The number of urea groups is 1. The van der Waals surface area contributed by atoms with Crippen molar-refractivity contribution in [3.63, 3.8) is 0 Å². The van der Waals surface area contributed by atoms with E-state index in [1.54, 1.807) is 11.0 Å². The predicted molar refractivity (Wildman–Crippen MR) is 61.9 cm³/mol. The molecule has 3 fully saturated rings. The van der Waals surface area contributed by atoms with Gasteiger partial charge in [-0.15, -0.1) is 6.58 Å². The minimum atomic E-state index is -0.419. The van der Waals surface area contributed by atoms with Gasteiger partial charge in [-0.2, -0.15) is 0 Å². The van der Waals surface area contributed by atoms with E-state index in [9.17, 15) is 9.59 Å². The summed E-state index contributed by atoms with van der Waals surface area (Å²) < 4.78 is 10.2. The topological polar surface area (TPSA) is 65.7 Å². The number of epoxide rings is 2. The molecule has 0 aliphatic carbocycles. The molecular weight excluding hydrogens is 236 g/mol. The van der Waals surface area contributed by atoms with Crippen molar-refractivity contribution in [1.82, 2.24) is 9.80 Å². The van der Waals surface area contributed by atoms with Crippen LogP contribution in [0.25, 0.3) is 0 Å². The number of hydrogen-bond acceptors (Lipinski definition) is 4. The SMILES string of the molecule is C=CCC1C(=O)N(CC2CO2)C(=O)N1CC1CO1. The molecule has 0 N–H and O–H groups in total. The molecule has 6 heteroatoms. The first-order valence-corrected chi connectivity index (χ1v) is 6.16. The zero-order chi connectivity index (χ0) is 12.7. The molecule has 0 saturated carbocycles. The summed E-state index contributed by atoms with van der Waals surface area (Å²) >= 11 is 0. The summed E-state index contributed by atoms with van der Waals surface area (Å²) in [6.07, 6.45) is 2.28. The van der Waals surface area contributed by atoms with Crippen LogP contribution in [0.15, 0.2) is 12.7 Å².